The molecule has 2 N–H and O–H groups in total. The summed E-state index contributed by atoms with van der Waals surface area (Å²) in [5.74, 6) is 0.230. The van der Waals surface area contributed by atoms with Crippen LogP contribution in [0.3, 0.4) is 0 Å². The zero-order chi connectivity index (χ0) is 11.0. The molecule has 78 valence electrons. The van der Waals surface area contributed by atoms with Crippen LogP contribution in [0.25, 0.3) is 5.65 Å². The number of fused-ring (bicyclic) bond motifs is 1. The van der Waals surface area contributed by atoms with Gasteiger partial charge in [-0.1, -0.05) is 0 Å². The summed E-state index contributed by atoms with van der Waals surface area (Å²) >= 11 is 0. The van der Waals surface area contributed by atoms with Crippen LogP contribution in [0.1, 0.15) is 12.7 Å². The number of aryl methyl sites for hydroxylation is 1. The molecular weight excluding hydrogens is 200 g/mol. The van der Waals surface area contributed by atoms with Gasteiger partial charge in [0.1, 0.15) is 0 Å². The quantitative estimate of drug-likeness (QED) is 0.630. The molecule has 8 heteroatoms. The van der Waals surface area contributed by atoms with Crippen molar-refractivity contribution in [1.82, 2.24) is 24.8 Å². The van der Waals surface area contributed by atoms with Crippen molar-refractivity contribution in [3.05, 3.63) is 16.2 Å². The largest absolute Gasteiger partial charge is 0.297 e. The standard InChI is InChI=1S/C7H8N6O2/c1-3-10-11-5-6(15)9-7(8-4(2)14)12-13(3)5/h1-2H3,(H2,8,9,12,14,15). The van der Waals surface area contributed by atoms with Crippen LogP contribution < -0.4 is 10.9 Å². The van der Waals surface area contributed by atoms with Gasteiger partial charge in [-0.2, -0.15) is 4.52 Å². The Morgan fingerprint density at radius 1 is 1.47 bits per heavy atom. The van der Waals surface area contributed by atoms with Crippen molar-refractivity contribution in [1.29, 1.82) is 0 Å². The smallest absolute Gasteiger partial charge is 0.295 e. The number of anilines is 1. The first kappa shape index (κ1) is 9.31. The molecule has 0 saturated carbocycles. The van der Waals surface area contributed by atoms with E-state index in [0.29, 0.717) is 5.82 Å². The summed E-state index contributed by atoms with van der Waals surface area (Å²) in [5.41, 5.74) is -0.351. The number of nitrogens with zero attached hydrogens (tertiary/aromatic N) is 4. The van der Waals surface area contributed by atoms with Crippen LogP contribution in [0.4, 0.5) is 5.95 Å². The van der Waals surface area contributed by atoms with Gasteiger partial charge in [0.2, 0.25) is 17.5 Å². The zero-order valence-corrected chi connectivity index (χ0v) is 8.11. The van der Waals surface area contributed by atoms with Gasteiger partial charge in [-0.15, -0.1) is 15.3 Å². The van der Waals surface area contributed by atoms with Gasteiger partial charge >= 0.3 is 0 Å². The fourth-order valence-corrected chi connectivity index (χ4v) is 1.13. The minimum atomic E-state index is -0.450. The van der Waals surface area contributed by atoms with Crippen LogP contribution in [-0.4, -0.2) is 30.7 Å². The van der Waals surface area contributed by atoms with E-state index in [4.69, 9.17) is 0 Å². The van der Waals surface area contributed by atoms with E-state index in [1.807, 2.05) is 0 Å². The highest BCUT2D eigenvalue weighted by Crippen LogP contribution is 1.97. The van der Waals surface area contributed by atoms with Gasteiger partial charge in [-0.3, -0.25) is 19.9 Å². The second-order valence-corrected chi connectivity index (χ2v) is 2.97. The van der Waals surface area contributed by atoms with E-state index in [-0.39, 0.29) is 17.5 Å². The normalized spacial score (nSPS) is 10.5. The second-order valence-electron chi connectivity index (χ2n) is 2.97. The lowest BCUT2D eigenvalue weighted by molar-refractivity contribution is -0.114. The molecule has 8 nitrogen and oxygen atoms in total. The number of hydrogen-bond acceptors (Lipinski definition) is 5. The highest BCUT2D eigenvalue weighted by Gasteiger charge is 2.08. The Labute approximate surface area is 83.3 Å². The first-order valence-electron chi connectivity index (χ1n) is 4.18. The lowest BCUT2D eigenvalue weighted by atomic mass is 10.6. The van der Waals surface area contributed by atoms with Crippen molar-refractivity contribution in [3.8, 4) is 0 Å². The van der Waals surface area contributed by atoms with Crippen molar-refractivity contribution >= 4 is 17.5 Å². The third-order valence-corrected chi connectivity index (χ3v) is 1.73. The number of nitrogens with one attached hydrogen (secondary N) is 2. The molecule has 0 unspecified atom stereocenters. The molecule has 0 atom stereocenters. The van der Waals surface area contributed by atoms with E-state index in [2.05, 4.69) is 25.6 Å². The molecule has 0 aliphatic heterocycles. The van der Waals surface area contributed by atoms with Crippen molar-refractivity contribution in [2.75, 3.05) is 5.32 Å². The highest BCUT2D eigenvalue weighted by atomic mass is 16.2. The van der Waals surface area contributed by atoms with Gasteiger partial charge in [-0.05, 0) is 6.92 Å². The summed E-state index contributed by atoms with van der Waals surface area (Å²) < 4.78 is 1.27. The van der Waals surface area contributed by atoms with Crippen LogP contribution in [0.2, 0.25) is 0 Å². The molecule has 2 aromatic rings. The summed E-state index contributed by atoms with van der Waals surface area (Å²) in [6.45, 7) is 2.98. The Kier molecular flexibility index (Phi) is 1.96. The first-order valence-corrected chi connectivity index (χ1v) is 4.18. The molecule has 2 aromatic heterocycles. The number of aromatic nitrogens is 5. The van der Waals surface area contributed by atoms with Crippen molar-refractivity contribution in [2.24, 2.45) is 0 Å². The summed E-state index contributed by atoms with van der Waals surface area (Å²) in [6, 6.07) is 0. The van der Waals surface area contributed by atoms with Crippen LogP contribution >= 0.6 is 0 Å². The molecule has 0 aliphatic rings. The second kappa shape index (κ2) is 3.15. The maximum Gasteiger partial charge on any atom is 0.297 e. The molecule has 0 saturated heterocycles. The summed E-state index contributed by atoms with van der Waals surface area (Å²) in [6.07, 6.45) is 0. The lowest BCUT2D eigenvalue weighted by Gasteiger charge is -2.00. The topological polar surface area (TPSA) is 105 Å². The SMILES string of the molecule is CC(=O)Nc1nn2c(C)nnc2c(=O)[nH]1. The van der Waals surface area contributed by atoms with Crippen molar-refractivity contribution in [3.63, 3.8) is 0 Å². The molecule has 0 aliphatic carbocycles. The Morgan fingerprint density at radius 3 is 2.87 bits per heavy atom. The van der Waals surface area contributed by atoms with Gasteiger partial charge in [0.15, 0.2) is 5.82 Å². The average molecular weight is 208 g/mol. The van der Waals surface area contributed by atoms with Crippen molar-refractivity contribution < 1.29 is 4.79 Å². The van der Waals surface area contributed by atoms with Crippen LogP contribution in [0, 0.1) is 6.92 Å². The minimum Gasteiger partial charge on any atom is -0.295 e. The molecule has 1 amide bonds. The van der Waals surface area contributed by atoms with Gasteiger partial charge in [0.25, 0.3) is 5.56 Å². The van der Waals surface area contributed by atoms with E-state index in [0.717, 1.165) is 0 Å². The number of aromatic amines is 1. The van der Waals surface area contributed by atoms with E-state index in [1.165, 1.54) is 11.4 Å². The van der Waals surface area contributed by atoms with Crippen molar-refractivity contribution in [2.45, 2.75) is 13.8 Å². The number of carbonyl (C=O) groups is 1. The van der Waals surface area contributed by atoms with Gasteiger partial charge in [-0.25, -0.2) is 0 Å². The molecule has 0 aromatic carbocycles. The van der Waals surface area contributed by atoms with Crippen LogP contribution in [0.5, 0.6) is 0 Å². The maximum atomic E-state index is 11.4. The number of amides is 1. The average Bonchev–Trinajstić information content (AvgIpc) is 2.47. The number of rotatable bonds is 1. The predicted octanol–water partition coefficient (Wildman–Crippen LogP) is -0.921. The number of H-pyrrole nitrogens is 1. The third kappa shape index (κ3) is 1.56. The van der Waals surface area contributed by atoms with Crippen LogP contribution in [-0.2, 0) is 4.79 Å². The molecule has 2 rings (SSSR count). The fourth-order valence-electron chi connectivity index (χ4n) is 1.13. The molecule has 0 spiro atoms. The maximum absolute atomic E-state index is 11.4. The predicted molar refractivity (Wildman–Crippen MR) is 50.4 cm³/mol. The van der Waals surface area contributed by atoms with Gasteiger partial charge in [0.05, 0.1) is 0 Å². The summed E-state index contributed by atoms with van der Waals surface area (Å²) in [7, 11) is 0. The van der Waals surface area contributed by atoms with E-state index < -0.39 is 5.56 Å². The first-order chi connectivity index (χ1) is 7.08. The minimum absolute atomic E-state index is 0.0721. The highest BCUT2D eigenvalue weighted by molar-refractivity contribution is 5.86. The summed E-state index contributed by atoms with van der Waals surface area (Å²) in [4.78, 5) is 24.6. The van der Waals surface area contributed by atoms with Gasteiger partial charge in [0, 0.05) is 6.92 Å². The molecule has 0 fully saturated rings. The molecule has 0 radical (unpaired) electrons. The molecule has 2 heterocycles. The monoisotopic (exact) mass is 208 g/mol. The summed E-state index contributed by atoms with van der Waals surface area (Å²) in [5, 5.41) is 13.6. The molecular formula is C7H8N6O2. The van der Waals surface area contributed by atoms with Gasteiger partial charge < -0.3 is 0 Å². The van der Waals surface area contributed by atoms with E-state index in [9.17, 15) is 9.59 Å². The Morgan fingerprint density at radius 2 is 2.20 bits per heavy atom. The number of carbonyl (C=O) groups excluding carboxylic acids is 1. The van der Waals surface area contributed by atoms with E-state index >= 15 is 0 Å². The Balaban J connectivity index is 2.65. The fraction of sp³-hybridized carbons (Fsp3) is 0.286. The van der Waals surface area contributed by atoms with E-state index in [1.54, 1.807) is 6.92 Å². The lowest BCUT2D eigenvalue weighted by Crippen LogP contribution is -2.19. The van der Waals surface area contributed by atoms with Crippen LogP contribution in [0.15, 0.2) is 4.79 Å². The Hall–Kier alpha value is -2.25. The molecule has 15 heavy (non-hydrogen) atoms. The third-order valence-electron chi connectivity index (χ3n) is 1.73. The number of hydrogen-bond donors (Lipinski definition) is 2. The Bertz CT molecular complexity index is 583. The zero-order valence-electron chi connectivity index (χ0n) is 8.11. The molecule has 0 bridgehead atoms.